The van der Waals surface area contributed by atoms with Crippen LogP contribution in [0.1, 0.15) is 11.3 Å². The number of hydrogen-bond acceptors (Lipinski definition) is 3. The minimum Gasteiger partial charge on any atom is -0.396 e. The highest BCUT2D eigenvalue weighted by atomic mass is 32.1. The quantitative estimate of drug-likeness (QED) is 0.821. The maximum absolute atomic E-state index is 9.51. The molecule has 0 saturated carbocycles. The maximum Gasteiger partial charge on any atom is 0.0503 e. The van der Waals surface area contributed by atoms with E-state index in [0.29, 0.717) is 6.61 Å². The van der Waals surface area contributed by atoms with Gasteiger partial charge in [0.05, 0.1) is 6.61 Å². The fourth-order valence-electron chi connectivity index (χ4n) is 2.27. The number of rotatable bonds is 3. The Morgan fingerprint density at radius 2 is 2.50 bits per heavy atom. The van der Waals surface area contributed by atoms with E-state index >= 15 is 0 Å². The van der Waals surface area contributed by atoms with E-state index in [1.165, 1.54) is 4.88 Å². The highest BCUT2D eigenvalue weighted by Gasteiger charge is 2.36. The lowest BCUT2D eigenvalue weighted by molar-refractivity contribution is 0.133. The van der Waals surface area contributed by atoms with Crippen LogP contribution >= 0.6 is 11.3 Å². The summed E-state index contributed by atoms with van der Waals surface area (Å²) < 4.78 is 0. The molecule has 1 aromatic rings. The summed E-state index contributed by atoms with van der Waals surface area (Å²) in [6.45, 7) is 2.46. The minimum atomic E-state index is 0.125. The zero-order valence-electron chi connectivity index (χ0n) is 8.57. The molecule has 1 fully saturated rings. The molecule has 0 radical (unpaired) electrons. The van der Waals surface area contributed by atoms with Gasteiger partial charge >= 0.3 is 0 Å². The Morgan fingerprint density at radius 3 is 3.00 bits per heavy atom. The highest BCUT2D eigenvalue weighted by molar-refractivity contribution is 7.09. The van der Waals surface area contributed by atoms with Gasteiger partial charge in [0, 0.05) is 16.8 Å². The number of aliphatic hydroxyl groups is 1. The molecule has 0 bridgehead atoms. The lowest BCUT2D eigenvalue weighted by Crippen LogP contribution is -2.30. The smallest absolute Gasteiger partial charge is 0.0503 e. The van der Waals surface area contributed by atoms with Crippen LogP contribution in [0.5, 0.6) is 0 Å². The fourth-order valence-corrected chi connectivity index (χ4v) is 3.15. The molecule has 1 saturated heterocycles. The van der Waals surface area contributed by atoms with Crippen molar-refractivity contribution in [2.45, 2.75) is 12.8 Å². The molecule has 1 unspecified atom stereocenters. The van der Waals surface area contributed by atoms with Gasteiger partial charge in [-0.2, -0.15) is 0 Å². The van der Waals surface area contributed by atoms with E-state index in [-0.39, 0.29) is 5.41 Å². The Morgan fingerprint density at radius 1 is 1.64 bits per heavy atom. The summed E-state index contributed by atoms with van der Waals surface area (Å²) in [4.78, 5) is 3.71. The molecule has 2 nitrogen and oxygen atoms in total. The van der Waals surface area contributed by atoms with Crippen molar-refractivity contribution in [1.29, 1.82) is 0 Å². The Kier molecular flexibility index (Phi) is 2.91. The van der Waals surface area contributed by atoms with E-state index in [9.17, 15) is 5.11 Å². The van der Waals surface area contributed by atoms with E-state index in [2.05, 4.69) is 29.5 Å². The molecule has 0 aromatic carbocycles. The van der Waals surface area contributed by atoms with Gasteiger partial charge in [0.25, 0.3) is 0 Å². The van der Waals surface area contributed by atoms with E-state index in [1.54, 1.807) is 11.3 Å². The molecule has 0 amide bonds. The maximum atomic E-state index is 9.51. The average Bonchev–Trinajstić information content (AvgIpc) is 2.77. The first-order valence-corrected chi connectivity index (χ1v) is 5.94. The van der Waals surface area contributed by atoms with Gasteiger partial charge in [0.15, 0.2) is 0 Å². The summed E-state index contributed by atoms with van der Waals surface area (Å²) in [5, 5.41) is 11.6. The zero-order chi connectivity index (χ0) is 10.0. The predicted octanol–water partition coefficient (Wildman–Crippen LogP) is 1.60. The largest absolute Gasteiger partial charge is 0.396 e. The van der Waals surface area contributed by atoms with Crippen LogP contribution in [0.25, 0.3) is 0 Å². The van der Waals surface area contributed by atoms with Crippen LogP contribution in [0.3, 0.4) is 0 Å². The summed E-state index contributed by atoms with van der Waals surface area (Å²) in [5.74, 6) is 0. The molecule has 1 N–H and O–H groups in total. The summed E-state index contributed by atoms with van der Waals surface area (Å²) in [6, 6.07) is 4.25. The molecule has 1 aliphatic heterocycles. The Balaban J connectivity index is 2.06. The van der Waals surface area contributed by atoms with Crippen LogP contribution < -0.4 is 0 Å². The Labute approximate surface area is 89.2 Å². The van der Waals surface area contributed by atoms with Crippen molar-refractivity contribution in [1.82, 2.24) is 4.90 Å². The zero-order valence-corrected chi connectivity index (χ0v) is 9.39. The van der Waals surface area contributed by atoms with Gasteiger partial charge in [-0.05, 0) is 37.9 Å². The van der Waals surface area contributed by atoms with Crippen LogP contribution in [-0.4, -0.2) is 36.8 Å². The molecule has 0 spiro atoms. The van der Waals surface area contributed by atoms with Gasteiger partial charge in [-0.1, -0.05) is 6.07 Å². The summed E-state index contributed by atoms with van der Waals surface area (Å²) >= 11 is 1.80. The topological polar surface area (TPSA) is 23.5 Å². The van der Waals surface area contributed by atoms with Crippen LogP contribution in [0.4, 0.5) is 0 Å². The molecule has 78 valence electrons. The van der Waals surface area contributed by atoms with Gasteiger partial charge in [0.2, 0.25) is 0 Å². The second-order valence-electron chi connectivity index (χ2n) is 4.40. The van der Waals surface area contributed by atoms with Crippen molar-refractivity contribution >= 4 is 11.3 Å². The van der Waals surface area contributed by atoms with Gasteiger partial charge < -0.3 is 10.0 Å². The minimum absolute atomic E-state index is 0.125. The molecular weight excluding hydrogens is 194 g/mol. The predicted molar refractivity (Wildman–Crippen MR) is 59.7 cm³/mol. The third kappa shape index (κ3) is 2.00. The van der Waals surface area contributed by atoms with Crippen molar-refractivity contribution in [3.63, 3.8) is 0 Å². The monoisotopic (exact) mass is 211 g/mol. The lowest BCUT2D eigenvalue weighted by Gasteiger charge is -2.25. The molecule has 2 heterocycles. The summed E-state index contributed by atoms with van der Waals surface area (Å²) in [7, 11) is 2.13. The number of hydrogen-bond donors (Lipinski definition) is 1. The van der Waals surface area contributed by atoms with Crippen LogP contribution in [0.15, 0.2) is 17.5 Å². The molecule has 0 aliphatic carbocycles. The van der Waals surface area contributed by atoms with E-state index < -0.39 is 0 Å². The molecule has 3 heteroatoms. The van der Waals surface area contributed by atoms with Crippen LogP contribution in [0, 0.1) is 5.41 Å². The Hall–Kier alpha value is -0.380. The SMILES string of the molecule is CN1CCC(CO)(Cc2cccs2)C1. The number of nitrogens with zero attached hydrogens (tertiary/aromatic N) is 1. The summed E-state index contributed by atoms with van der Waals surface area (Å²) in [6.07, 6.45) is 2.16. The van der Waals surface area contributed by atoms with Crippen molar-refractivity contribution in [2.24, 2.45) is 5.41 Å². The molecule has 14 heavy (non-hydrogen) atoms. The standard InChI is InChI=1S/C11H17NOS/c1-12-5-4-11(8-12,9-13)7-10-3-2-6-14-10/h2-3,6,13H,4-5,7-9H2,1H3. The number of aliphatic hydroxyl groups excluding tert-OH is 1. The first kappa shape index (κ1) is 10.1. The van der Waals surface area contributed by atoms with Gasteiger partial charge in [0.1, 0.15) is 0 Å². The first-order valence-electron chi connectivity index (χ1n) is 5.06. The van der Waals surface area contributed by atoms with Gasteiger partial charge in [-0.25, -0.2) is 0 Å². The average molecular weight is 211 g/mol. The van der Waals surface area contributed by atoms with E-state index in [4.69, 9.17) is 0 Å². The first-order chi connectivity index (χ1) is 6.74. The van der Waals surface area contributed by atoms with Crippen LogP contribution in [0.2, 0.25) is 0 Å². The normalized spacial score (nSPS) is 28.4. The van der Waals surface area contributed by atoms with Gasteiger partial charge in [-0.3, -0.25) is 0 Å². The Bertz CT molecular complexity index is 285. The fraction of sp³-hybridized carbons (Fsp3) is 0.636. The second-order valence-corrected chi connectivity index (χ2v) is 5.43. The van der Waals surface area contributed by atoms with Gasteiger partial charge in [-0.15, -0.1) is 11.3 Å². The molecule has 2 rings (SSSR count). The molecule has 1 aromatic heterocycles. The van der Waals surface area contributed by atoms with Crippen LogP contribution in [-0.2, 0) is 6.42 Å². The van der Waals surface area contributed by atoms with Crippen molar-refractivity contribution in [3.05, 3.63) is 22.4 Å². The van der Waals surface area contributed by atoms with Crippen molar-refractivity contribution in [2.75, 3.05) is 26.7 Å². The molecular formula is C11H17NOS. The third-order valence-corrected chi connectivity index (χ3v) is 3.97. The highest BCUT2D eigenvalue weighted by Crippen LogP contribution is 2.34. The second kappa shape index (κ2) is 4.01. The van der Waals surface area contributed by atoms with E-state index in [1.807, 2.05) is 0 Å². The number of thiophene rings is 1. The molecule has 1 atom stereocenters. The summed E-state index contributed by atoms with van der Waals surface area (Å²) in [5.41, 5.74) is 0.125. The van der Waals surface area contributed by atoms with Crippen molar-refractivity contribution in [3.8, 4) is 0 Å². The lowest BCUT2D eigenvalue weighted by atomic mass is 9.84. The van der Waals surface area contributed by atoms with Crippen molar-refractivity contribution < 1.29 is 5.11 Å². The third-order valence-electron chi connectivity index (χ3n) is 3.09. The molecule has 1 aliphatic rings. The number of likely N-dealkylation sites (tertiary alicyclic amines) is 1. The van der Waals surface area contributed by atoms with E-state index in [0.717, 1.165) is 25.9 Å².